The van der Waals surface area contributed by atoms with Crippen LogP contribution in [0.25, 0.3) is 21.9 Å². The van der Waals surface area contributed by atoms with Gasteiger partial charge in [-0.1, -0.05) is 30.3 Å². The lowest BCUT2D eigenvalue weighted by Crippen LogP contribution is -2.24. The molecule has 136 valence electrons. The van der Waals surface area contributed by atoms with Gasteiger partial charge in [-0.05, 0) is 67.3 Å². The molecule has 1 saturated carbocycles. The molecular weight excluding hydrogens is 334 g/mol. The zero-order valence-corrected chi connectivity index (χ0v) is 15.3. The van der Waals surface area contributed by atoms with Gasteiger partial charge in [0.2, 0.25) is 0 Å². The summed E-state index contributed by atoms with van der Waals surface area (Å²) in [7, 11) is 0. The largest absolute Gasteiger partial charge is 0.326 e. The van der Waals surface area contributed by atoms with Crippen LogP contribution >= 0.6 is 0 Å². The Hall–Kier alpha value is -2.88. The zero-order chi connectivity index (χ0) is 18.2. The molecule has 1 fully saturated rings. The van der Waals surface area contributed by atoms with Crippen LogP contribution in [0.2, 0.25) is 0 Å². The first-order valence-corrected chi connectivity index (χ1v) is 9.81. The number of nitrogens with zero attached hydrogens (tertiary/aromatic N) is 2. The third kappa shape index (κ3) is 2.95. The Morgan fingerprint density at radius 3 is 2.63 bits per heavy atom. The Morgan fingerprint density at radius 2 is 1.74 bits per heavy atom. The van der Waals surface area contributed by atoms with Crippen LogP contribution in [-0.2, 0) is 6.54 Å². The standard InChI is InChI=1S/C23H23N3O/c27-23-25-21-7-3-4-8-22(21)26(23)15-16-9-11-17(12-10-16)18-13-14-24-20-6-2-1-5-19(18)20/h1-8,13-14,16-17H,9-12,15H2,(H,25,27)/t16-,17-. The highest BCUT2D eigenvalue weighted by atomic mass is 16.1. The molecule has 0 spiro atoms. The quantitative estimate of drug-likeness (QED) is 0.570. The summed E-state index contributed by atoms with van der Waals surface area (Å²) >= 11 is 0. The first-order chi connectivity index (χ1) is 13.3. The van der Waals surface area contributed by atoms with Gasteiger partial charge in [0.15, 0.2) is 0 Å². The predicted octanol–water partition coefficient (Wildman–Crippen LogP) is 4.85. The van der Waals surface area contributed by atoms with Crippen molar-refractivity contribution in [3.8, 4) is 0 Å². The molecule has 0 radical (unpaired) electrons. The van der Waals surface area contributed by atoms with Gasteiger partial charge in [-0.15, -0.1) is 0 Å². The maximum Gasteiger partial charge on any atom is 0.326 e. The van der Waals surface area contributed by atoms with E-state index in [9.17, 15) is 4.79 Å². The van der Waals surface area contributed by atoms with Gasteiger partial charge >= 0.3 is 5.69 Å². The minimum atomic E-state index is 0.0125. The number of imidazole rings is 1. The monoisotopic (exact) mass is 357 g/mol. The van der Waals surface area contributed by atoms with E-state index in [1.165, 1.54) is 23.8 Å². The first kappa shape index (κ1) is 16.3. The number of hydrogen-bond donors (Lipinski definition) is 1. The van der Waals surface area contributed by atoms with Crippen LogP contribution in [0.1, 0.15) is 37.2 Å². The van der Waals surface area contributed by atoms with Gasteiger partial charge in [-0.3, -0.25) is 9.55 Å². The Kier molecular flexibility index (Phi) is 4.04. The Balaban J connectivity index is 1.34. The summed E-state index contributed by atoms with van der Waals surface area (Å²) in [5.41, 5.74) is 4.48. The van der Waals surface area contributed by atoms with E-state index < -0.39 is 0 Å². The summed E-state index contributed by atoms with van der Waals surface area (Å²) in [4.78, 5) is 19.8. The van der Waals surface area contributed by atoms with E-state index in [4.69, 9.17) is 0 Å². The van der Waals surface area contributed by atoms with Crippen molar-refractivity contribution < 1.29 is 0 Å². The van der Waals surface area contributed by atoms with Crippen molar-refractivity contribution in [2.45, 2.75) is 38.1 Å². The van der Waals surface area contributed by atoms with E-state index in [0.717, 1.165) is 35.9 Å². The lowest BCUT2D eigenvalue weighted by Gasteiger charge is -2.29. The molecule has 27 heavy (non-hydrogen) atoms. The lowest BCUT2D eigenvalue weighted by molar-refractivity contribution is 0.295. The number of hydrogen-bond acceptors (Lipinski definition) is 2. The molecule has 2 aromatic carbocycles. The molecule has 1 aliphatic rings. The normalized spacial score (nSPS) is 20.3. The van der Waals surface area contributed by atoms with E-state index >= 15 is 0 Å². The maximum atomic E-state index is 12.3. The highest BCUT2D eigenvalue weighted by Gasteiger charge is 2.24. The van der Waals surface area contributed by atoms with E-state index in [0.29, 0.717) is 11.8 Å². The molecule has 2 heterocycles. The van der Waals surface area contributed by atoms with Gasteiger partial charge in [-0.2, -0.15) is 0 Å². The van der Waals surface area contributed by atoms with E-state index in [2.05, 4.69) is 40.3 Å². The van der Waals surface area contributed by atoms with Crippen LogP contribution < -0.4 is 5.69 Å². The number of aromatic amines is 1. The van der Waals surface area contributed by atoms with Crippen LogP contribution in [0.5, 0.6) is 0 Å². The summed E-state index contributed by atoms with van der Waals surface area (Å²) in [6, 6.07) is 18.6. The highest BCUT2D eigenvalue weighted by Crippen LogP contribution is 2.38. The molecule has 0 unspecified atom stereocenters. The maximum absolute atomic E-state index is 12.3. The topological polar surface area (TPSA) is 50.7 Å². The number of fused-ring (bicyclic) bond motifs is 2. The van der Waals surface area contributed by atoms with Crippen LogP contribution in [0.3, 0.4) is 0 Å². The second kappa shape index (κ2) is 6.69. The third-order valence-electron chi connectivity index (χ3n) is 6.09. The fourth-order valence-corrected chi connectivity index (χ4v) is 4.68. The van der Waals surface area contributed by atoms with Crippen molar-refractivity contribution in [2.75, 3.05) is 0 Å². The van der Waals surface area contributed by atoms with Crippen molar-refractivity contribution >= 4 is 21.9 Å². The Bertz CT molecular complexity index is 1140. The zero-order valence-electron chi connectivity index (χ0n) is 15.3. The molecule has 0 bridgehead atoms. The van der Waals surface area contributed by atoms with Gasteiger partial charge in [0.05, 0.1) is 16.6 Å². The molecule has 5 rings (SSSR count). The molecule has 0 aliphatic heterocycles. The SMILES string of the molecule is O=c1[nH]c2ccccc2n1C[C@H]1CC[C@H](c2ccnc3ccccc32)CC1. The van der Waals surface area contributed by atoms with E-state index in [1.807, 2.05) is 35.0 Å². The molecule has 1 N–H and O–H groups in total. The third-order valence-corrected chi connectivity index (χ3v) is 6.09. The van der Waals surface area contributed by atoms with Gasteiger partial charge in [0, 0.05) is 18.1 Å². The van der Waals surface area contributed by atoms with Gasteiger partial charge in [0.25, 0.3) is 0 Å². The molecule has 1 aliphatic carbocycles. The molecule has 4 nitrogen and oxygen atoms in total. The molecule has 0 amide bonds. The van der Waals surface area contributed by atoms with Crippen LogP contribution in [0.15, 0.2) is 65.6 Å². The van der Waals surface area contributed by atoms with Crippen molar-refractivity contribution in [3.05, 3.63) is 76.8 Å². The van der Waals surface area contributed by atoms with Crippen LogP contribution in [0.4, 0.5) is 0 Å². The average molecular weight is 357 g/mol. The summed E-state index contributed by atoms with van der Waals surface area (Å²) in [5.74, 6) is 1.15. The molecule has 4 heteroatoms. The van der Waals surface area contributed by atoms with Crippen molar-refractivity contribution in [1.29, 1.82) is 0 Å². The van der Waals surface area contributed by atoms with Crippen LogP contribution in [-0.4, -0.2) is 14.5 Å². The molecule has 2 aromatic heterocycles. The molecule has 4 aromatic rings. The molecule has 0 saturated heterocycles. The Morgan fingerprint density at radius 1 is 0.963 bits per heavy atom. The van der Waals surface area contributed by atoms with E-state index in [1.54, 1.807) is 0 Å². The van der Waals surface area contributed by atoms with Crippen molar-refractivity contribution in [3.63, 3.8) is 0 Å². The Labute approximate surface area is 157 Å². The number of para-hydroxylation sites is 3. The van der Waals surface area contributed by atoms with Crippen molar-refractivity contribution in [1.82, 2.24) is 14.5 Å². The highest BCUT2D eigenvalue weighted by molar-refractivity contribution is 5.82. The molecular formula is C23H23N3O. The minimum Gasteiger partial charge on any atom is -0.306 e. The number of nitrogens with one attached hydrogen (secondary N) is 1. The number of rotatable bonds is 3. The number of aromatic nitrogens is 3. The smallest absolute Gasteiger partial charge is 0.306 e. The summed E-state index contributed by atoms with van der Waals surface area (Å²) < 4.78 is 1.92. The number of pyridine rings is 1. The van der Waals surface area contributed by atoms with Crippen molar-refractivity contribution in [2.24, 2.45) is 5.92 Å². The molecule has 0 atom stereocenters. The predicted molar refractivity (Wildman–Crippen MR) is 109 cm³/mol. The van der Waals surface area contributed by atoms with E-state index in [-0.39, 0.29) is 5.69 Å². The first-order valence-electron chi connectivity index (χ1n) is 9.81. The average Bonchev–Trinajstić information content (AvgIpc) is 3.03. The fraction of sp³-hybridized carbons (Fsp3) is 0.304. The number of H-pyrrole nitrogens is 1. The van der Waals surface area contributed by atoms with Crippen LogP contribution in [0, 0.1) is 5.92 Å². The number of benzene rings is 2. The second-order valence-electron chi connectivity index (χ2n) is 7.69. The van der Waals surface area contributed by atoms with Gasteiger partial charge < -0.3 is 4.98 Å². The lowest BCUT2D eigenvalue weighted by atomic mass is 9.78. The van der Waals surface area contributed by atoms with Gasteiger partial charge in [-0.25, -0.2) is 4.79 Å². The second-order valence-corrected chi connectivity index (χ2v) is 7.69. The summed E-state index contributed by atoms with van der Waals surface area (Å²) in [6.45, 7) is 0.812. The minimum absolute atomic E-state index is 0.0125. The van der Waals surface area contributed by atoms with Gasteiger partial charge in [0.1, 0.15) is 0 Å². The summed E-state index contributed by atoms with van der Waals surface area (Å²) in [5, 5.41) is 1.29. The summed E-state index contributed by atoms with van der Waals surface area (Å²) in [6.07, 6.45) is 6.61. The fourth-order valence-electron chi connectivity index (χ4n) is 4.68.